The van der Waals surface area contributed by atoms with Crippen molar-refractivity contribution in [2.24, 2.45) is 17.8 Å². The molecule has 0 aliphatic carbocycles. The van der Waals surface area contributed by atoms with Crippen LogP contribution in [0.15, 0.2) is 30.5 Å². The summed E-state index contributed by atoms with van der Waals surface area (Å²) in [5.41, 5.74) is -2.72. The first-order valence-electron chi connectivity index (χ1n) is 26.4. The molecule has 21 heteroatoms. The SMILES string of the molecule is CC[C@H]1OC(=O)[C@H](C)[C@@H](O[C@H]2C[C@@](C)(OC)[C@@H](O)[C@H](C)O2)C(C)[C@@H](O[C@@H]2O[C@H](C)C[C@H](N(C)CCc3cn(C[C@H]4CN(c5ccc(C(C)=O)cc5)C(=O)O4)nn3)[C@H]2O)[C@](C)(O)C[C@@H](C)CN(C)[C@H](C)C(O)[C@]1(C)O. The van der Waals surface area contributed by atoms with Crippen molar-refractivity contribution in [1.82, 2.24) is 24.8 Å². The third kappa shape index (κ3) is 13.5. The number of carbonyl (C=O) groups is 3. The minimum absolute atomic E-state index is 0.0653. The van der Waals surface area contributed by atoms with Crippen LogP contribution in [0.5, 0.6) is 0 Å². The molecular formula is C53H86N6O15. The molecule has 6 rings (SSSR count). The summed E-state index contributed by atoms with van der Waals surface area (Å²) in [4.78, 5) is 44.5. The van der Waals surface area contributed by atoms with Gasteiger partial charge in [0, 0.05) is 68.5 Å². The summed E-state index contributed by atoms with van der Waals surface area (Å²) >= 11 is 0. The predicted octanol–water partition coefficient (Wildman–Crippen LogP) is 3.33. The lowest BCUT2D eigenvalue weighted by molar-refractivity contribution is -0.318. The zero-order valence-electron chi connectivity index (χ0n) is 46.0. The molecule has 0 saturated carbocycles. The number of likely N-dealkylation sites (N-methyl/N-ethyl adjacent to an activating group) is 2. The minimum Gasteiger partial charge on any atom is -0.459 e. The summed E-state index contributed by atoms with van der Waals surface area (Å²) < 4.78 is 45.6. The third-order valence-corrected chi connectivity index (χ3v) is 16.3. The number of aromatic nitrogens is 3. The Morgan fingerprint density at radius 2 is 1.61 bits per heavy atom. The molecule has 74 heavy (non-hydrogen) atoms. The van der Waals surface area contributed by atoms with Crippen LogP contribution in [0.25, 0.3) is 0 Å². The van der Waals surface area contributed by atoms with Crippen molar-refractivity contribution in [1.29, 1.82) is 0 Å². The second-order valence-electron chi connectivity index (χ2n) is 22.6. The van der Waals surface area contributed by atoms with Crippen LogP contribution in [-0.2, 0) is 50.9 Å². The van der Waals surface area contributed by atoms with Crippen LogP contribution in [-0.4, -0.2) is 205 Å². The lowest BCUT2D eigenvalue weighted by atomic mass is 9.77. The highest BCUT2D eigenvalue weighted by atomic mass is 16.7. The number of Topliss-reactive ketones (excluding diaryl/α,β-unsaturated/α-hetero) is 1. The lowest BCUT2D eigenvalue weighted by Crippen LogP contribution is -2.61. The van der Waals surface area contributed by atoms with Gasteiger partial charge in [0.1, 0.15) is 36.1 Å². The van der Waals surface area contributed by atoms with Gasteiger partial charge in [0.2, 0.25) is 0 Å². The van der Waals surface area contributed by atoms with Crippen LogP contribution in [0.2, 0.25) is 0 Å². The molecule has 418 valence electrons. The van der Waals surface area contributed by atoms with E-state index in [1.54, 1.807) is 83.6 Å². The Balaban J connectivity index is 1.22. The Hall–Kier alpha value is -3.71. The van der Waals surface area contributed by atoms with Gasteiger partial charge < -0.3 is 68.5 Å². The number of benzene rings is 1. The number of anilines is 1. The van der Waals surface area contributed by atoms with Gasteiger partial charge in [-0.05, 0) is 119 Å². The number of ether oxygens (including phenoxy) is 7. The zero-order valence-corrected chi connectivity index (χ0v) is 46.0. The molecule has 4 saturated heterocycles. The molecule has 19 atom stereocenters. The number of nitrogens with zero attached hydrogens (tertiary/aromatic N) is 6. The Morgan fingerprint density at radius 3 is 2.24 bits per heavy atom. The fourth-order valence-corrected chi connectivity index (χ4v) is 11.6. The van der Waals surface area contributed by atoms with Gasteiger partial charge in [-0.3, -0.25) is 14.5 Å². The van der Waals surface area contributed by atoms with Gasteiger partial charge in [-0.15, -0.1) is 5.10 Å². The number of methoxy groups -OCH3 is 1. The number of aliphatic hydroxyl groups excluding tert-OH is 3. The molecule has 21 nitrogen and oxygen atoms in total. The molecule has 5 heterocycles. The van der Waals surface area contributed by atoms with Gasteiger partial charge in [-0.2, -0.15) is 0 Å². The van der Waals surface area contributed by atoms with Crippen molar-refractivity contribution in [3.05, 3.63) is 41.7 Å². The highest BCUT2D eigenvalue weighted by Gasteiger charge is 2.53. The molecule has 0 radical (unpaired) electrons. The van der Waals surface area contributed by atoms with Crippen LogP contribution in [0.1, 0.15) is 118 Å². The van der Waals surface area contributed by atoms with Gasteiger partial charge in [-0.25, -0.2) is 9.48 Å². The minimum atomic E-state index is -1.85. The van der Waals surface area contributed by atoms with Crippen molar-refractivity contribution in [2.75, 3.05) is 45.7 Å². The van der Waals surface area contributed by atoms with E-state index in [0.717, 1.165) is 0 Å². The Kier molecular flexibility index (Phi) is 19.6. The molecule has 1 aromatic carbocycles. The number of hydrogen-bond acceptors (Lipinski definition) is 19. The molecule has 4 aliphatic heterocycles. The van der Waals surface area contributed by atoms with Gasteiger partial charge in [0.05, 0.1) is 60.3 Å². The van der Waals surface area contributed by atoms with Crippen molar-refractivity contribution in [3.63, 3.8) is 0 Å². The van der Waals surface area contributed by atoms with Crippen LogP contribution < -0.4 is 4.90 Å². The summed E-state index contributed by atoms with van der Waals surface area (Å²) in [5, 5.41) is 68.4. The number of esters is 1. The summed E-state index contributed by atoms with van der Waals surface area (Å²) in [5.74, 6) is -2.92. The second-order valence-corrected chi connectivity index (χ2v) is 22.6. The van der Waals surface area contributed by atoms with E-state index < -0.39 is 120 Å². The second kappa shape index (κ2) is 24.3. The smallest absolute Gasteiger partial charge is 0.414 e. The zero-order chi connectivity index (χ0) is 54.8. The van der Waals surface area contributed by atoms with Crippen LogP contribution in [0.3, 0.4) is 0 Å². The number of hydrogen-bond donors (Lipinski definition) is 5. The molecule has 4 fully saturated rings. The van der Waals surface area contributed by atoms with E-state index in [4.69, 9.17) is 33.2 Å². The molecule has 5 N–H and O–H groups in total. The van der Waals surface area contributed by atoms with E-state index >= 15 is 0 Å². The lowest BCUT2D eigenvalue weighted by Gasteiger charge is -2.49. The van der Waals surface area contributed by atoms with E-state index in [0.29, 0.717) is 49.4 Å². The number of carbonyl (C=O) groups excluding carboxylic acids is 3. The Morgan fingerprint density at radius 1 is 0.932 bits per heavy atom. The first-order valence-corrected chi connectivity index (χ1v) is 26.4. The molecule has 4 aliphatic rings. The highest BCUT2D eigenvalue weighted by Crippen LogP contribution is 2.40. The topological polar surface area (TPSA) is 257 Å². The summed E-state index contributed by atoms with van der Waals surface area (Å²) in [6, 6.07) is 5.74. The normalized spacial score (nSPS) is 40.4. The average Bonchev–Trinajstić information content (AvgIpc) is 3.96. The molecule has 1 aromatic heterocycles. The van der Waals surface area contributed by atoms with E-state index in [1.807, 2.05) is 37.7 Å². The molecule has 0 bridgehead atoms. The maximum atomic E-state index is 14.5. The predicted molar refractivity (Wildman–Crippen MR) is 271 cm³/mol. The number of aliphatic hydroxyl groups is 5. The fourth-order valence-electron chi connectivity index (χ4n) is 11.6. The van der Waals surface area contributed by atoms with E-state index in [9.17, 15) is 39.9 Å². The van der Waals surface area contributed by atoms with Crippen LogP contribution in [0.4, 0.5) is 10.5 Å². The first kappa shape index (κ1) is 59.5. The standard InChI is InChI=1S/C53H86N6O15/c1-15-41-53(11,67)45(62)33(6)57(13)25-29(2)23-51(9,66)47(31(4)44(32(5)48(64)72-41)73-42-24-52(10,68-14)46(63)35(8)70-42)74-49-43(61)40(22-30(3)69-49)56(12)21-20-37-26-58(55-54-37)27-39-28-59(50(65)71-39)38-18-16-36(17-19-38)34(7)60/h16-19,26,29-33,35,39-47,49,61-63,66-67H,15,20-25,27-28H2,1-14H3/t29-,30-,31?,32-,33-,35+,39+,40+,41-,42+,43-,44+,45?,46+,47-,49+,51-,52-,53-/m1/s1. The van der Waals surface area contributed by atoms with E-state index in [2.05, 4.69) is 10.3 Å². The highest BCUT2D eigenvalue weighted by molar-refractivity contribution is 5.95. The summed E-state index contributed by atoms with van der Waals surface area (Å²) in [6.07, 6.45) is -8.07. The molecular weight excluding hydrogens is 961 g/mol. The van der Waals surface area contributed by atoms with E-state index in [1.165, 1.54) is 25.9 Å². The van der Waals surface area contributed by atoms with Crippen molar-refractivity contribution >= 4 is 23.5 Å². The maximum Gasteiger partial charge on any atom is 0.414 e. The van der Waals surface area contributed by atoms with Crippen molar-refractivity contribution in [3.8, 4) is 0 Å². The molecule has 0 spiro atoms. The van der Waals surface area contributed by atoms with Gasteiger partial charge in [-0.1, -0.05) is 26.0 Å². The Labute approximate surface area is 436 Å². The van der Waals surface area contributed by atoms with Crippen LogP contribution in [0, 0.1) is 17.8 Å². The van der Waals surface area contributed by atoms with Gasteiger partial charge in [0.25, 0.3) is 0 Å². The maximum absolute atomic E-state index is 14.5. The first-order chi connectivity index (χ1) is 34.6. The fraction of sp³-hybridized carbons (Fsp3) is 0.792. The molecule has 2 aromatic rings. The van der Waals surface area contributed by atoms with Gasteiger partial charge in [0.15, 0.2) is 18.4 Å². The third-order valence-electron chi connectivity index (χ3n) is 16.3. The van der Waals surface area contributed by atoms with E-state index in [-0.39, 0.29) is 37.5 Å². The number of ketones is 1. The summed E-state index contributed by atoms with van der Waals surface area (Å²) in [7, 11) is 5.22. The number of rotatable bonds is 14. The number of amides is 1. The largest absolute Gasteiger partial charge is 0.459 e. The van der Waals surface area contributed by atoms with Crippen LogP contribution >= 0.6 is 0 Å². The average molecular weight is 1050 g/mol. The molecule has 2 unspecified atom stereocenters. The monoisotopic (exact) mass is 1050 g/mol. The summed E-state index contributed by atoms with van der Waals surface area (Å²) in [6.45, 7) is 20.4. The Bertz CT molecular complexity index is 2180. The molecule has 1 amide bonds. The van der Waals surface area contributed by atoms with Crippen molar-refractivity contribution < 1.29 is 73.1 Å². The number of cyclic esters (lactones) is 2. The quantitative estimate of drug-likeness (QED) is 0.134. The van der Waals surface area contributed by atoms with Crippen molar-refractivity contribution in [2.45, 2.75) is 211 Å². The van der Waals surface area contributed by atoms with Gasteiger partial charge >= 0.3 is 12.1 Å².